The minimum Gasteiger partial charge on any atom is -0.462 e. The Morgan fingerprint density at radius 1 is 1.21 bits per heavy atom. The van der Waals surface area contributed by atoms with Gasteiger partial charge < -0.3 is 4.74 Å². The molecule has 1 aromatic carbocycles. The summed E-state index contributed by atoms with van der Waals surface area (Å²) in [6, 6.07) is 5.69. The number of ether oxygens (including phenoxy) is 1. The van der Waals surface area contributed by atoms with E-state index < -0.39 is 29.3 Å². The van der Waals surface area contributed by atoms with E-state index in [9.17, 15) is 22.8 Å². The van der Waals surface area contributed by atoms with Crippen molar-refractivity contribution in [2.24, 2.45) is 0 Å². The number of aromatic nitrogens is 2. The van der Waals surface area contributed by atoms with E-state index >= 15 is 0 Å². The molecule has 0 saturated carbocycles. The highest BCUT2D eigenvalue weighted by molar-refractivity contribution is 6.45. The largest absolute Gasteiger partial charge is 0.462 e. The third kappa shape index (κ3) is 4.23. The van der Waals surface area contributed by atoms with Crippen LogP contribution >= 0.6 is 23.2 Å². The first-order chi connectivity index (χ1) is 13.6. The molecule has 29 heavy (non-hydrogen) atoms. The fourth-order valence-corrected chi connectivity index (χ4v) is 3.20. The molecule has 0 bridgehead atoms. The number of hydrogen-bond donors (Lipinski definition) is 0. The van der Waals surface area contributed by atoms with Crippen molar-refractivity contribution in [1.29, 1.82) is 0 Å². The summed E-state index contributed by atoms with van der Waals surface area (Å²) in [4.78, 5) is 24.0. The molecular weight excluding hydrogens is 432 g/mol. The Bertz CT molecular complexity index is 1020. The van der Waals surface area contributed by atoms with Crippen molar-refractivity contribution < 1.29 is 27.5 Å². The van der Waals surface area contributed by atoms with E-state index in [2.05, 4.69) is 9.84 Å². The smallest absolute Gasteiger partial charge is 0.434 e. The maximum absolute atomic E-state index is 13.6. The zero-order valence-corrected chi connectivity index (χ0v) is 16.3. The molecule has 0 aliphatic heterocycles. The molecule has 1 unspecified atom stereocenters. The highest BCUT2D eigenvalue weighted by Gasteiger charge is 2.41. The number of alkyl halides is 3. The van der Waals surface area contributed by atoms with Crippen molar-refractivity contribution in [3.63, 3.8) is 0 Å². The zero-order chi connectivity index (χ0) is 21.3. The highest BCUT2D eigenvalue weighted by Crippen LogP contribution is 2.35. The van der Waals surface area contributed by atoms with Crippen LogP contribution in [0.4, 0.5) is 13.2 Å². The molecule has 0 spiro atoms. The van der Waals surface area contributed by atoms with Crippen LogP contribution in [0.5, 0.6) is 0 Å². The fourth-order valence-electron chi connectivity index (χ4n) is 2.85. The second-order valence-electron chi connectivity index (χ2n) is 6.02. The van der Waals surface area contributed by atoms with Gasteiger partial charge in [0.05, 0.1) is 34.5 Å². The predicted molar refractivity (Wildman–Crippen MR) is 100 cm³/mol. The van der Waals surface area contributed by atoms with E-state index in [1.54, 1.807) is 0 Å². The lowest BCUT2D eigenvalue weighted by Crippen LogP contribution is -2.18. The van der Waals surface area contributed by atoms with E-state index in [1.165, 1.54) is 43.3 Å². The lowest BCUT2D eigenvalue weighted by Gasteiger charge is -2.16. The molecule has 0 radical (unpaired) electrons. The molecule has 10 heteroatoms. The summed E-state index contributed by atoms with van der Waals surface area (Å²) in [5.41, 5.74) is -1.34. The molecule has 1 heterocycles. The van der Waals surface area contributed by atoms with Crippen molar-refractivity contribution in [3.8, 4) is 5.69 Å². The summed E-state index contributed by atoms with van der Waals surface area (Å²) in [5, 5.41) is 4.05. The number of ketones is 1. The monoisotopic (exact) mass is 444 g/mol. The first kappa shape index (κ1) is 21.1. The van der Waals surface area contributed by atoms with Gasteiger partial charge in [0.1, 0.15) is 5.56 Å². The average Bonchev–Trinajstić information content (AvgIpc) is 3.11. The molecule has 1 aromatic heterocycles. The van der Waals surface area contributed by atoms with Crippen LogP contribution in [0.2, 0.25) is 0 Å². The van der Waals surface area contributed by atoms with Crippen LogP contribution < -0.4 is 0 Å². The second-order valence-corrected chi connectivity index (χ2v) is 6.83. The van der Waals surface area contributed by atoms with Gasteiger partial charge in [0.15, 0.2) is 11.5 Å². The summed E-state index contributed by atoms with van der Waals surface area (Å²) in [6.45, 7) is 1.42. The zero-order valence-electron chi connectivity index (χ0n) is 14.8. The quantitative estimate of drug-likeness (QED) is 0.623. The number of nitrogens with zero attached hydrogens (tertiary/aromatic N) is 2. The van der Waals surface area contributed by atoms with Crippen LogP contribution in [-0.4, -0.2) is 28.1 Å². The number of halogens is 5. The van der Waals surface area contributed by atoms with Crippen molar-refractivity contribution >= 4 is 35.0 Å². The number of esters is 1. The normalized spacial score (nSPS) is 17.0. The van der Waals surface area contributed by atoms with Crippen LogP contribution in [0, 0.1) is 0 Å². The number of carbonyl (C=O) groups excluding carboxylic acids is 2. The van der Waals surface area contributed by atoms with E-state index in [0.717, 1.165) is 6.20 Å². The number of rotatable bonds is 4. The Balaban J connectivity index is 1.99. The Morgan fingerprint density at radius 2 is 1.86 bits per heavy atom. The Morgan fingerprint density at radius 3 is 2.45 bits per heavy atom. The second kappa shape index (κ2) is 8.04. The lowest BCUT2D eigenvalue weighted by atomic mass is 9.91. The molecule has 2 aromatic rings. The Kier molecular flexibility index (Phi) is 5.86. The number of benzene rings is 1. The lowest BCUT2D eigenvalue weighted by molar-refractivity contribution is -0.143. The summed E-state index contributed by atoms with van der Waals surface area (Å²) in [6.07, 6.45) is -1.36. The molecular formula is C19H13Cl2F3N2O3. The number of hydrogen-bond acceptors (Lipinski definition) is 4. The van der Waals surface area contributed by atoms with Crippen LogP contribution in [0.1, 0.15) is 34.5 Å². The first-order valence-electron chi connectivity index (χ1n) is 8.35. The SMILES string of the molecule is CCOC(=O)c1cnn(-c2ccc(C3C=C(Cl)C(Cl)=CC3=O)cc2)c1C(F)(F)F. The van der Waals surface area contributed by atoms with Gasteiger partial charge in [-0.05, 0) is 30.7 Å². The summed E-state index contributed by atoms with van der Waals surface area (Å²) in [7, 11) is 0. The van der Waals surface area contributed by atoms with Gasteiger partial charge in [-0.3, -0.25) is 4.79 Å². The fraction of sp³-hybridized carbons (Fsp3) is 0.211. The van der Waals surface area contributed by atoms with E-state index in [0.29, 0.717) is 10.2 Å². The van der Waals surface area contributed by atoms with Crippen molar-refractivity contribution in [2.75, 3.05) is 6.61 Å². The molecule has 0 N–H and O–H groups in total. The predicted octanol–water partition coefficient (Wildman–Crippen LogP) is 4.98. The van der Waals surface area contributed by atoms with Gasteiger partial charge in [-0.2, -0.15) is 18.3 Å². The highest BCUT2D eigenvalue weighted by atomic mass is 35.5. The molecule has 3 rings (SSSR count). The standard InChI is InChI=1S/C19H13Cl2F3N2O3/c1-2-29-18(28)13-9-25-26(17(13)19(22,23)24)11-5-3-10(4-6-11)12-7-14(20)15(21)8-16(12)27/h3-9,12H,2H2,1H3. The maximum atomic E-state index is 13.6. The molecule has 152 valence electrons. The molecule has 0 amide bonds. The van der Waals surface area contributed by atoms with Crippen LogP contribution in [-0.2, 0) is 15.7 Å². The number of carbonyl (C=O) groups is 2. The van der Waals surface area contributed by atoms with Crippen LogP contribution in [0.3, 0.4) is 0 Å². The minimum absolute atomic E-state index is 0.0588. The molecule has 1 aliphatic rings. The molecule has 1 aliphatic carbocycles. The average molecular weight is 445 g/mol. The van der Waals surface area contributed by atoms with Gasteiger partial charge in [-0.25, -0.2) is 9.48 Å². The van der Waals surface area contributed by atoms with Crippen molar-refractivity contribution in [2.45, 2.75) is 19.0 Å². The van der Waals surface area contributed by atoms with E-state index in [4.69, 9.17) is 23.2 Å². The first-order valence-corrected chi connectivity index (χ1v) is 9.10. The van der Waals surface area contributed by atoms with Crippen molar-refractivity contribution in [1.82, 2.24) is 9.78 Å². The van der Waals surface area contributed by atoms with E-state index in [1.807, 2.05) is 0 Å². The van der Waals surface area contributed by atoms with Gasteiger partial charge >= 0.3 is 12.1 Å². The van der Waals surface area contributed by atoms with Crippen molar-refractivity contribution in [3.05, 3.63) is 69.5 Å². The summed E-state index contributed by atoms with van der Waals surface area (Å²) < 4.78 is 46.0. The van der Waals surface area contributed by atoms with Crippen LogP contribution in [0.25, 0.3) is 5.69 Å². The van der Waals surface area contributed by atoms with Gasteiger partial charge in [-0.1, -0.05) is 35.3 Å². The Hall–Kier alpha value is -2.58. The van der Waals surface area contributed by atoms with Gasteiger partial charge in [-0.15, -0.1) is 0 Å². The molecule has 0 fully saturated rings. The van der Waals surface area contributed by atoms with E-state index in [-0.39, 0.29) is 28.1 Å². The molecule has 0 saturated heterocycles. The summed E-state index contributed by atoms with van der Waals surface area (Å²) in [5.74, 6) is -2.11. The van der Waals surface area contributed by atoms with Gasteiger partial charge in [0.2, 0.25) is 0 Å². The summed E-state index contributed by atoms with van der Waals surface area (Å²) >= 11 is 11.8. The third-order valence-corrected chi connectivity index (χ3v) is 4.89. The Labute approximate surface area is 173 Å². The molecule has 5 nitrogen and oxygen atoms in total. The van der Waals surface area contributed by atoms with Crippen LogP contribution in [0.15, 0.2) is 52.7 Å². The van der Waals surface area contributed by atoms with Gasteiger partial charge in [0, 0.05) is 6.08 Å². The maximum Gasteiger partial charge on any atom is 0.434 e. The molecule has 1 atom stereocenters. The third-order valence-electron chi connectivity index (χ3n) is 4.15. The topological polar surface area (TPSA) is 61.2 Å². The minimum atomic E-state index is -4.84. The number of allylic oxidation sites excluding steroid dienone is 4. The van der Waals surface area contributed by atoms with Gasteiger partial charge in [0.25, 0.3) is 0 Å².